The molecule has 0 atom stereocenters. The maximum absolute atomic E-state index is 11.7. The second-order valence-electron chi connectivity index (χ2n) is 5.95. The molecule has 1 heterocycles. The standard InChI is InChI=1S/C20H17N3O6/c1-28-16-10-8-13(11-17(16)29-12-14-5-3-2-4-6-14)7-9-15-18(23(26)27)19(24)22-20(25)21-15/h2-11H,12H2,1H3,(H2,21,22,24,25). The van der Waals surface area contributed by atoms with Crippen LogP contribution in [0.2, 0.25) is 0 Å². The van der Waals surface area contributed by atoms with Gasteiger partial charge in [-0.25, -0.2) is 4.79 Å². The highest BCUT2D eigenvalue weighted by molar-refractivity contribution is 5.72. The highest BCUT2D eigenvalue weighted by atomic mass is 16.6. The smallest absolute Gasteiger partial charge is 0.357 e. The number of H-pyrrole nitrogens is 2. The summed E-state index contributed by atoms with van der Waals surface area (Å²) in [6.07, 6.45) is 2.81. The lowest BCUT2D eigenvalue weighted by molar-refractivity contribution is -0.386. The maximum Gasteiger partial charge on any atom is 0.357 e. The summed E-state index contributed by atoms with van der Waals surface area (Å²) in [4.78, 5) is 37.5. The molecular weight excluding hydrogens is 378 g/mol. The van der Waals surface area contributed by atoms with Crippen LogP contribution in [0.5, 0.6) is 11.5 Å². The van der Waals surface area contributed by atoms with Gasteiger partial charge in [0.1, 0.15) is 12.3 Å². The molecule has 148 valence electrons. The fraction of sp³-hybridized carbons (Fsp3) is 0.100. The first-order valence-electron chi connectivity index (χ1n) is 8.52. The van der Waals surface area contributed by atoms with E-state index in [0.717, 1.165) is 5.56 Å². The fourth-order valence-electron chi connectivity index (χ4n) is 2.62. The lowest BCUT2D eigenvalue weighted by Gasteiger charge is -2.11. The largest absolute Gasteiger partial charge is 0.493 e. The summed E-state index contributed by atoms with van der Waals surface area (Å²) in [6, 6.07) is 14.7. The molecule has 1 aromatic heterocycles. The van der Waals surface area contributed by atoms with Crippen LogP contribution in [0.3, 0.4) is 0 Å². The molecule has 0 amide bonds. The van der Waals surface area contributed by atoms with Crippen LogP contribution in [0.25, 0.3) is 12.2 Å². The predicted octanol–water partition coefficient (Wildman–Crippen LogP) is 2.73. The average Bonchev–Trinajstić information content (AvgIpc) is 2.70. The van der Waals surface area contributed by atoms with Crippen LogP contribution in [0, 0.1) is 10.1 Å². The Morgan fingerprint density at radius 1 is 1.03 bits per heavy atom. The Kier molecular flexibility index (Phi) is 5.88. The van der Waals surface area contributed by atoms with Crippen LogP contribution in [-0.4, -0.2) is 22.0 Å². The summed E-state index contributed by atoms with van der Waals surface area (Å²) in [7, 11) is 1.52. The van der Waals surface area contributed by atoms with Gasteiger partial charge in [-0.2, -0.15) is 0 Å². The number of benzene rings is 2. The fourth-order valence-corrected chi connectivity index (χ4v) is 2.62. The van der Waals surface area contributed by atoms with Crippen molar-refractivity contribution in [3.8, 4) is 11.5 Å². The highest BCUT2D eigenvalue weighted by Crippen LogP contribution is 2.29. The Morgan fingerprint density at radius 3 is 2.48 bits per heavy atom. The molecule has 3 rings (SSSR count). The van der Waals surface area contributed by atoms with Gasteiger partial charge in [-0.3, -0.25) is 19.9 Å². The first-order valence-corrected chi connectivity index (χ1v) is 8.52. The van der Waals surface area contributed by atoms with Crippen molar-refractivity contribution in [2.24, 2.45) is 0 Å². The molecule has 9 heteroatoms. The normalized spacial score (nSPS) is 10.8. The van der Waals surface area contributed by atoms with Crippen molar-refractivity contribution in [1.29, 1.82) is 0 Å². The zero-order valence-electron chi connectivity index (χ0n) is 15.4. The molecule has 0 fully saturated rings. The number of nitrogens with one attached hydrogen (secondary N) is 2. The van der Waals surface area contributed by atoms with E-state index in [1.807, 2.05) is 35.3 Å². The molecule has 0 saturated heterocycles. The molecule has 0 radical (unpaired) electrons. The highest BCUT2D eigenvalue weighted by Gasteiger charge is 2.18. The van der Waals surface area contributed by atoms with Crippen molar-refractivity contribution < 1.29 is 14.4 Å². The number of hydrogen-bond acceptors (Lipinski definition) is 6. The SMILES string of the molecule is COc1ccc(C=Cc2[nH]c(=O)[nH]c(=O)c2[N+](=O)[O-])cc1OCc1ccccc1. The third-order valence-electron chi connectivity index (χ3n) is 4.00. The van der Waals surface area contributed by atoms with Gasteiger partial charge >= 0.3 is 16.9 Å². The monoisotopic (exact) mass is 395 g/mol. The van der Waals surface area contributed by atoms with Crippen molar-refractivity contribution in [2.75, 3.05) is 7.11 Å². The van der Waals surface area contributed by atoms with Crippen LogP contribution < -0.4 is 20.7 Å². The van der Waals surface area contributed by atoms with Gasteiger partial charge in [-0.05, 0) is 29.3 Å². The van der Waals surface area contributed by atoms with Gasteiger partial charge in [0.15, 0.2) is 11.5 Å². The van der Waals surface area contributed by atoms with E-state index in [1.54, 1.807) is 18.2 Å². The van der Waals surface area contributed by atoms with E-state index in [0.29, 0.717) is 23.7 Å². The molecule has 0 spiro atoms. The molecule has 0 aliphatic heterocycles. The predicted molar refractivity (Wildman–Crippen MR) is 107 cm³/mol. The first-order chi connectivity index (χ1) is 14.0. The second-order valence-corrected chi connectivity index (χ2v) is 5.95. The number of methoxy groups -OCH3 is 1. The topological polar surface area (TPSA) is 127 Å². The Labute approximate surface area is 164 Å². The summed E-state index contributed by atoms with van der Waals surface area (Å²) in [6.45, 7) is 0.331. The summed E-state index contributed by atoms with van der Waals surface area (Å²) in [5, 5.41) is 11.1. The van der Waals surface area contributed by atoms with E-state index in [-0.39, 0.29) is 5.69 Å². The van der Waals surface area contributed by atoms with Gasteiger partial charge in [0.05, 0.1) is 12.0 Å². The summed E-state index contributed by atoms with van der Waals surface area (Å²) in [5.74, 6) is 1.00. The molecule has 0 aliphatic rings. The number of hydrogen-bond donors (Lipinski definition) is 2. The molecule has 2 aromatic carbocycles. The van der Waals surface area contributed by atoms with Gasteiger partial charge < -0.3 is 14.5 Å². The van der Waals surface area contributed by atoms with Crippen LogP contribution in [0.1, 0.15) is 16.8 Å². The van der Waals surface area contributed by atoms with Crippen molar-refractivity contribution in [1.82, 2.24) is 9.97 Å². The molecule has 9 nitrogen and oxygen atoms in total. The summed E-state index contributed by atoms with van der Waals surface area (Å²) in [5.41, 5.74) is -1.24. The second kappa shape index (κ2) is 8.70. The van der Waals surface area contributed by atoms with Gasteiger partial charge in [0, 0.05) is 0 Å². The van der Waals surface area contributed by atoms with E-state index in [2.05, 4.69) is 4.98 Å². The van der Waals surface area contributed by atoms with Crippen LogP contribution in [-0.2, 0) is 6.61 Å². The van der Waals surface area contributed by atoms with Crippen LogP contribution in [0.4, 0.5) is 5.69 Å². The van der Waals surface area contributed by atoms with Crippen molar-refractivity contribution >= 4 is 17.8 Å². The number of nitro groups is 1. The molecule has 3 aromatic rings. The number of rotatable bonds is 7. The minimum absolute atomic E-state index is 0.202. The summed E-state index contributed by atoms with van der Waals surface area (Å²) >= 11 is 0. The number of nitrogens with zero attached hydrogens (tertiary/aromatic N) is 1. The minimum atomic E-state index is -1.07. The van der Waals surface area contributed by atoms with Crippen molar-refractivity contribution in [2.45, 2.75) is 6.61 Å². The van der Waals surface area contributed by atoms with Crippen LogP contribution >= 0.6 is 0 Å². The third kappa shape index (κ3) is 4.78. The van der Waals surface area contributed by atoms with Crippen molar-refractivity contribution in [3.63, 3.8) is 0 Å². The van der Waals surface area contributed by atoms with Gasteiger partial charge in [-0.15, -0.1) is 0 Å². The molecule has 0 bridgehead atoms. The van der Waals surface area contributed by atoms with Gasteiger partial charge in [-0.1, -0.05) is 42.5 Å². The Bertz CT molecular complexity index is 1160. The minimum Gasteiger partial charge on any atom is -0.493 e. The molecule has 0 saturated carbocycles. The molecule has 29 heavy (non-hydrogen) atoms. The van der Waals surface area contributed by atoms with E-state index in [9.17, 15) is 19.7 Å². The Morgan fingerprint density at radius 2 is 1.79 bits per heavy atom. The van der Waals surface area contributed by atoms with E-state index in [1.165, 1.54) is 19.3 Å². The molecular formula is C20H17N3O6. The van der Waals surface area contributed by atoms with Gasteiger partial charge in [0.25, 0.3) is 0 Å². The number of ether oxygens (including phenoxy) is 2. The zero-order valence-corrected chi connectivity index (χ0v) is 15.4. The molecule has 0 aliphatic carbocycles. The third-order valence-corrected chi connectivity index (χ3v) is 4.00. The molecule has 0 unspecified atom stereocenters. The maximum atomic E-state index is 11.7. The Balaban J connectivity index is 1.89. The summed E-state index contributed by atoms with van der Waals surface area (Å²) < 4.78 is 11.1. The van der Waals surface area contributed by atoms with E-state index < -0.39 is 21.9 Å². The first kappa shape index (κ1) is 19.6. The van der Waals surface area contributed by atoms with E-state index in [4.69, 9.17) is 9.47 Å². The lowest BCUT2D eigenvalue weighted by Crippen LogP contribution is -2.25. The number of aromatic amines is 2. The quantitative estimate of drug-likeness (QED) is 0.468. The van der Waals surface area contributed by atoms with Crippen molar-refractivity contribution in [3.05, 3.63) is 96.3 Å². The zero-order chi connectivity index (χ0) is 20.8. The molecule has 2 N–H and O–H groups in total. The number of aromatic nitrogens is 2. The van der Waals surface area contributed by atoms with E-state index >= 15 is 0 Å². The van der Waals surface area contributed by atoms with Gasteiger partial charge in [0.2, 0.25) is 0 Å². The Hall–Kier alpha value is -4.14. The van der Waals surface area contributed by atoms with Crippen LogP contribution in [0.15, 0.2) is 58.1 Å². The lowest BCUT2D eigenvalue weighted by atomic mass is 10.1. The average molecular weight is 395 g/mol.